The van der Waals surface area contributed by atoms with Crippen LogP contribution in [0.1, 0.15) is 6.92 Å². The van der Waals surface area contributed by atoms with Crippen molar-refractivity contribution in [2.24, 2.45) is 0 Å². The quantitative estimate of drug-likeness (QED) is 0.588. The van der Waals surface area contributed by atoms with Gasteiger partial charge in [-0.25, -0.2) is 4.79 Å². The number of methoxy groups -OCH3 is 1. The van der Waals surface area contributed by atoms with Crippen molar-refractivity contribution < 1.29 is 28.2 Å². The van der Waals surface area contributed by atoms with Gasteiger partial charge < -0.3 is 23.4 Å². The van der Waals surface area contributed by atoms with Crippen molar-refractivity contribution in [2.45, 2.75) is 6.92 Å². The van der Waals surface area contributed by atoms with Crippen LogP contribution in [0, 0.1) is 0 Å². The molecule has 140 valence electrons. The molecule has 0 spiro atoms. The van der Waals surface area contributed by atoms with Crippen molar-refractivity contribution in [2.75, 3.05) is 20.3 Å². The summed E-state index contributed by atoms with van der Waals surface area (Å²) < 4.78 is 26.3. The van der Waals surface area contributed by atoms with Crippen LogP contribution in [-0.4, -0.2) is 26.3 Å². The molecule has 0 unspecified atom stereocenters. The van der Waals surface area contributed by atoms with E-state index in [9.17, 15) is 9.59 Å². The van der Waals surface area contributed by atoms with Crippen molar-refractivity contribution in [3.05, 3.63) is 59.0 Å². The molecule has 27 heavy (non-hydrogen) atoms. The summed E-state index contributed by atoms with van der Waals surface area (Å²) in [4.78, 5) is 23.9. The average molecular weight is 370 g/mol. The molecule has 0 radical (unpaired) electrons. The van der Waals surface area contributed by atoms with Gasteiger partial charge in [-0.2, -0.15) is 0 Å². The maximum Gasteiger partial charge on any atom is 0.344 e. The average Bonchev–Trinajstić information content (AvgIpc) is 2.69. The summed E-state index contributed by atoms with van der Waals surface area (Å²) in [6.07, 6.45) is 1.24. The van der Waals surface area contributed by atoms with Gasteiger partial charge in [0, 0.05) is 6.07 Å². The zero-order valence-electron chi connectivity index (χ0n) is 14.9. The van der Waals surface area contributed by atoms with Gasteiger partial charge in [0.15, 0.2) is 6.61 Å². The molecule has 0 amide bonds. The third kappa shape index (κ3) is 4.38. The summed E-state index contributed by atoms with van der Waals surface area (Å²) in [5.41, 5.74) is 0.00690. The summed E-state index contributed by atoms with van der Waals surface area (Å²) in [5.74, 6) is 1.15. The Morgan fingerprint density at radius 1 is 1.04 bits per heavy atom. The van der Waals surface area contributed by atoms with Crippen LogP contribution in [0.15, 0.2) is 57.9 Å². The summed E-state index contributed by atoms with van der Waals surface area (Å²) in [7, 11) is 1.57. The Morgan fingerprint density at radius 2 is 1.74 bits per heavy atom. The minimum absolute atomic E-state index is 0.0628. The highest BCUT2D eigenvalue weighted by Gasteiger charge is 2.11. The molecular weight excluding hydrogens is 352 g/mol. The van der Waals surface area contributed by atoms with E-state index in [2.05, 4.69) is 0 Å². The molecule has 0 N–H and O–H groups in total. The Balaban J connectivity index is 1.79. The number of esters is 1. The highest BCUT2D eigenvalue weighted by molar-refractivity contribution is 5.79. The topological polar surface area (TPSA) is 84.2 Å². The van der Waals surface area contributed by atoms with Crippen molar-refractivity contribution >= 4 is 16.9 Å². The van der Waals surface area contributed by atoms with E-state index in [4.69, 9.17) is 23.4 Å². The molecule has 0 bridgehead atoms. The van der Waals surface area contributed by atoms with Gasteiger partial charge in [0.2, 0.25) is 11.2 Å². The molecule has 3 aromatic rings. The standard InChI is InChI=1S/C20H18O7/c1-3-24-19(21)12-25-15-8-9-16-17(10-15)26-11-18(20(16)22)27-14-6-4-13(23-2)5-7-14/h4-11H,3,12H2,1-2H3. The molecule has 0 fully saturated rings. The SMILES string of the molecule is CCOC(=O)COc1ccc2c(=O)c(Oc3ccc(OC)cc3)coc2c1. The van der Waals surface area contributed by atoms with Gasteiger partial charge in [-0.15, -0.1) is 0 Å². The van der Waals surface area contributed by atoms with Crippen LogP contribution in [0.4, 0.5) is 0 Å². The van der Waals surface area contributed by atoms with Crippen LogP contribution < -0.4 is 19.6 Å². The lowest BCUT2D eigenvalue weighted by Crippen LogP contribution is -2.14. The second-order valence-electron chi connectivity index (χ2n) is 5.46. The third-order valence-electron chi connectivity index (χ3n) is 3.66. The lowest BCUT2D eigenvalue weighted by atomic mass is 10.2. The Bertz CT molecular complexity index is 989. The molecule has 1 aromatic heterocycles. The van der Waals surface area contributed by atoms with Gasteiger partial charge in [-0.05, 0) is 43.3 Å². The molecule has 0 saturated heterocycles. The van der Waals surface area contributed by atoms with Crippen LogP contribution in [-0.2, 0) is 9.53 Å². The van der Waals surface area contributed by atoms with E-state index in [-0.39, 0.29) is 24.4 Å². The molecule has 1 heterocycles. The van der Waals surface area contributed by atoms with E-state index >= 15 is 0 Å². The van der Waals surface area contributed by atoms with Gasteiger partial charge in [0.05, 0.1) is 19.1 Å². The maximum absolute atomic E-state index is 12.6. The predicted octanol–water partition coefficient (Wildman–Crippen LogP) is 3.54. The third-order valence-corrected chi connectivity index (χ3v) is 3.66. The van der Waals surface area contributed by atoms with Crippen LogP contribution in [0.25, 0.3) is 11.0 Å². The van der Waals surface area contributed by atoms with Crippen molar-refractivity contribution in [3.8, 4) is 23.0 Å². The highest BCUT2D eigenvalue weighted by atomic mass is 16.6. The van der Waals surface area contributed by atoms with Crippen LogP contribution >= 0.6 is 0 Å². The number of hydrogen-bond donors (Lipinski definition) is 0. The molecule has 0 aliphatic carbocycles. The summed E-state index contributed by atoms with van der Waals surface area (Å²) in [5, 5.41) is 0.337. The Hall–Kier alpha value is -3.48. The Kier molecular flexibility index (Phi) is 5.61. The minimum Gasteiger partial charge on any atom is -0.497 e. The number of carbonyl (C=O) groups is 1. The first-order valence-corrected chi connectivity index (χ1v) is 8.26. The molecule has 7 heteroatoms. The fourth-order valence-electron chi connectivity index (χ4n) is 2.37. The number of carbonyl (C=O) groups excluding carboxylic acids is 1. The minimum atomic E-state index is -0.470. The monoisotopic (exact) mass is 370 g/mol. The number of benzene rings is 2. The van der Waals surface area contributed by atoms with Crippen LogP contribution in [0.2, 0.25) is 0 Å². The number of fused-ring (bicyclic) bond motifs is 1. The van der Waals surface area contributed by atoms with Crippen LogP contribution in [0.5, 0.6) is 23.0 Å². The highest BCUT2D eigenvalue weighted by Crippen LogP contribution is 2.25. The van der Waals surface area contributed by atoms with Crippen molar-refractivity contribution in [1.29, 1.82) is 0 Å². The molecule has 0 saturated carbocycles. The van der Waals surface area contributed by atoms with Crippen molar-refractivity contribution in [3.63, 3.8) is 0 Å². The van der Waals surface area contributed by atoms with Gasteiger partial charge in [-0.1, -0.05) is 0 Å². The fourth-order valence-corrected chi connectivity index (χ4v) is 2.37. The number of hydrogen-bond acceptors (Lipinski definition) is 7. The Morgan fingerprint density at radius 3 is 2.44 bits per heavy atom. The van der Waals surface area contributed by atoms with Crippen molar-refractivity contribution in [1.82, 2.24) is 0 Å². The van der Waals surface area contributed by atoms with Gasteiger partial charge in [-0.3, -0.25) is 4.79 Å². The fraction of sp³-hybridized carbons (Fsp3) is 0.200. The first kappa shape index (κ1) is 18.3. The number of ether oxygens (including phenoxy) is 4. The smallest absolute Gasteiger partial charge is 0.344 e. The molecular formula is C20H18O7. The molecule has 0 atom stereocenters. The summed E-state index contributed by atoms with van der Waals surface area (Å²) in [6, 6.07) is 11.5. The molecule has 0 aliphatic heterocycles. The van der Waals surface area contributed by atoms with E-state index < -0.39 is 5.97 Å². The number of rotatable bonds is 7. The van der Waals surface area contributed by atoms with Crippen LogP contribution in [0.3, 0.4) is 0 Å². The van der Waals surface area contributed by atoms with E-state index in [0.717, 1.165) is 0 Å². The summed E-state index contributed by atoms with van der Waals surface area (Å²) >= 11 is 0. The molecule has 7 nitrogen and oxygen atoms in total. The molecule has 0 aliphatic rings. The maximum atomic E-state index is 12.6. The largest absolute Gasteiger partial charge is 0.497 e. The summed E-state index contributed by atoms with van der Waals surface area (Å²) in [6.45, 7) is 1.78. The van der Waals surface area contributed by atoms with E-state index in [1.54, 1.807) is 50.4 Å². The lowest BCUT2D eigenvalue weighted by Gasteiger charge is -2.08. The molecule has 2 aromatic carbocycles. The van der Waals surface area contributed by atoms with Gasteiger partial charge >= 0.3 is 5.97 Å². The zero-order valence-corrected chi connectivity index (χ0v) is 14.9. The second-order valence-corrected chi connectivity index (χ2v) is 5.46. The first-order chi connectivity index (χ1) is 13.1. The van der Waals surface area contributed by atoms with Gasteiger partial charge in [0.25, 0.3) is 0 Å². The molecule has 3 rings (SSSR count). The lowest BCUT2D eigenvalue weighted by molar-refractivity contribution is -0.145. The second kappa shape index (κ2) is 8.27. The zero-order chi connectivity index (χ0) is 19.2. The van der Waals surface area contributed by atoms with Gasteiger partial charge in [0.1, 0.15) is 29.1 Å². The normalized spacial score (nSPS) is 10.4. The first-order valence-electron chi connectivity index (χ1n) is 8.26. The van der Waals surface area contributed by atoms with E-state index in [0.29, 0.717) is 28.2 Å². The van der Waals surface area contributed by atoms with E-state index in [1.807, 2.05) is 0 Å². The van der Waals surface area contributed by atoms with E-state index in [1.165, 1.54) is 12.3 Å². The predicted molar refractivity (Wildman–Crippen MR) is 97.7 cm³/mol. The Labute approximate surface area is 155 Å².